The van der Waals surface area contributed by atoms with Gasteiger partial charge < -0.3 is 19.5 Å². The highest BCUT2D eigenvalue weighted by Crippen LogP contribution is 2.27. The van der Waals surface area contributed by atoms with E-state index in [9.17, 15) is 13.2 Å². The number of methoxy groups -OCH3 is 2. The smallest absolute Gasteiger partial charge is 0.220 e. The summed E-state index contributed by atoms with van der Waals surface area (Å²) in [4.78, 5) is 12.1. The Labute approximate surface area is 167 Å². The van der Waals surface area contributed by atoms with Crippen molar-refractivity contribution in [1.82, 2.24) is 9.62 Å². The molecule has 1 fully saturated rings. The van der Waals surface area contributed by atoms with Gasteiger partial charge in [0.1, 0.15) is 0 Å². The van der Waals surface area contributed by atoms with Crippen molar-refractivity contribution >= 4 is 15.9 Å². The van der Waals surface area contributed by atoms with Crippen LogP contribution in [0.15, 0.2) is 18.2 Å². The highest BCUT2D eigenvalue weighted by molar-refractivity contribution is 7.89. The van der Waals surface area contributed by atoms with Crippen LogP contribution in [0.25, 0.3) is 0 Å². The molecule has 1 aliphatic rings. The van der Waals surface area contributed by atoms with E-state index in [0.29, 0.717) is 31.0 Å². The van der Waals surface area contributed by atoms with Crippen molar-refractivity contribution in [3.8, 4) is 11.5 Å². The van der Waals surface area contributed by atoms with E-state index in [2.05, 4.69) is 5.32 Å². The van der Waals surface area contributed by atoms with E-state index in [1.807, 2.05) is 26.0 Å². The molecule has 1 N–H and O–H groups in total. The number of amides is 1. The number of nitrogens with zero attached hydrogens (tertiary/aromatic N) is 1. The summed E-state index contributed by atoms with van der Waals surface area (Å²) >= 11 is 0. The second-order valence-corrected chi connectivity index (χ2v) is 9.02. The van der Waals surface area contributed by atoms with Crippen LogP contribution in [-0.2, 0) is 26.0 Å². The molecule has 2 unspecified atom stereocenters. The van der Waals surface area contributed by atoms with Crippen LogP contribution in [0, 0.1) is 0 Å². The number of carbonyl (C=O) groups excluding carboxylic acids is 1. The summed E-state index contributed by atoms with van der Waals surface area (Å²) in [6, 6.07) is 5.50. The topological polar surface area (TPSA) is 94.2 Å². The molecular weight excluding hydrogens is 384 g/mol. The van der Waals surface area contributed by atoms with Crippen molar-refractivity contribution < 1.29 is 27.4 Å². The molecule has 158 valence electrons. The lowest BCUT2D eigenvalue weighted by atomic mass is 10.1. The van der Waals surface area contributed by atoms with Crippen molar-refractivity contribution in [2.45, 2.75) is 38.9 Å². The van der Waals surface area contributed by atoms with Gasteiger partial charge in [-0.2, -0.15) is 4.31 Å². The zero-order valence-electron chi connectivity index (χ0n) is 16.9. The number of nitrogens with one attached hydrogen (secondary N) is 1. The van der Waals surface area contributed by atoms with Crippen LogP contribution < -0.4 is 14.8 Å². The maximum Gasteiger partial charge on any atom is 0.220 e. The minimum atomic E-state index is -3.42. The first-order chi connectivity index (χ1) is 13.2. The molecule has 1 amide bonds. The normalized spacial score (nSPS) is 20.6. The second kappa shape index (κ2) is 10.1. The SMILES string of the molecule is COc1ccc(CCC(=O)NCCS(=O)(=O)N2CC(C)OC(C)C2)cc1OC. The van der Waals surface area contributed by atoms with Gasteiger partial charge in [-0.05, 0) is 38.0 Å². The van der Waals surface area contributed by atoms with E-state index in [-0.39, 0.29) is 36.8 Å². The zero-order chi connectivity index (χ0) is 20.7. The van der Waals surface area contributed by atoms with Crippen LogP contribution in [0.5, 0.6) is 11.5 Å². The first kappa shape index (κ1) is 22.4. The van der Waals surface area contributed by atoms with E-state index < -0.39 is 10.0 Å². The van der Waals surface area contributed by atoms with E-state index in [1.54, 1.807) is 20.3 Å². The molecule has 2 atom stereocenters. The van der Waals surface area contributed by atoms with E-state index in [1.165, 1.54) is 4.31 Å². The van der Waals surface area contributed by atoms with Gasteiger partial charge in [-0.3, -0.25) is 4.79 Å². The molecule has 1 heterocycles. The second-order valence-electron chi connectivity index (χ2n) is 6.93. The molecule has 0 radical (unpaired) electrons. The van der Waals surface area contributed by atoms with Crippen LogP contribution in [0.1, 0.15) is 25.8 Å². The summed E-state index contributed by atoms with van der Waals surface area (Å²) in [5.41, 5.74) is 0.941. The van der Waals surface area contributed by atoms with Crippen LogP contribution in [0.3, 0.4) is 0 Å². The third-order valence-corrected chi connectivity index (χ3v) is 6.36. The van der Waals surface area contributed by atoms with Gasteiger partial charge in [-0.1, -0.05) is 6.07 Å². The predicted octanol–water partition coefficient (Wildman–Crippen LogP) is 1.19. The Bertz CT molecular complexity index is 758. The maximum atomic E-state index is 12.5. The van der Waals surface area contributed by atoms with Crippen molar-refractivity contribution in [1.29, 1.82) is 0 Å². The molecule has 0 spiro atoms. The number of hydrogen-bond donors (Lipinski definition) is 1. The monoisotopic (exact) mass is 414 g/mol. The molecule has 1 aromatic carbocycles. The van der Waals surface area contributed by atoms with Gasteiger partial charge in [0.15, 0.2) is 11.5 Å². The standard InChI is InChI=1S/C19H30N2O6S/c1-14-12-21(13-15(2)27-14)28(23,24)10-9-20-19(22)8-6-16-5-7-17(25-3)18(11-16)26-4/h5,7,11,14-15H,6,8-10,12-13H2,1-4H3,(H,20,22). The Hall–Kier alpha value is -1.84. The van der Waals surface area contributed by atoms with Crippen molar-refractivity contribution in [2.24, 2.45) is 0 Å². The largest absolute Gasteiger partial charge is 0.493 e. The van der Waals surface area contributed by atoms with E-state index in [0.717, 1.165) is 5.56 Å². The number of hydrogen-bond acceptors (Lipinski definition) is 6. The summed E-state index contributed by atoms with van der Waals surface area (Å²) in [5.74, 6) is 0.941. The predicted molar refractivity (Wildman–Crippen MR) is 106 cm³/mol. The first-order valence-electron chi connectivity index (χ1n) is 9.36. The highest BCUT2D eigenvalue weighted by Gasteiger charge is 2.30. The van der Waals surface area contributed by atoms with Crippen molar-refractivity contribution in [3.05, 3.63) is 23.8 Å². The molecule has 28 heavy (non-hydrogen) atoms. The lowest BCUT2D eigenvalue weighted by molar-refractivity contribution is -0.120. The first-order valence-corrected chi connectivity index (χ1v) is 11.0. The summed E-state index contributed by atoms with van der Waals surface area (Å²) in [6.45, 7) is 4.50. The Balaban J connectivity index is 1.78. The molecule has 0 aromatic heterocycles. The lowest BCUT2D eigenvalue weighted by Gasteiger charge is -2.34. The third-order valence-electron chi connectivity index (χ3n) is 4.55. The third kappa shape index (κ3) is 6.35. The van der Waals surface area contributed by atoms with Gasteiger partial charge in [0, 0.05) is 26.1 Å². The maximum absolute atomic E-state index is 12.5. The fourth-order valence-corrected chi connectivity index (χ4v) is 4.68. The average molecular weight is 415 g/mol. The molecule has 1 aliphatic heterocycles. The number of sulfonamides is 1. The van der Waals surface area contributed by atoms with Crippen LogP contribution in [0.2, 0.25) is 0 Å². The number of morpholine rings is 1. The molecule has 9 heteroatoms. The van der Waals surface area contributed by atoms with Crippen molar-refractivity contribution in [2.75, 3.05) is 39.6 Å². The molecular formula is C19H30N2O6S. The van der Waals surface area contributed by atoms with Gasteiger partial charge >= 0.3 is 0 Å². The minimum Gasteiger partial charge on any atom is -0.493 e. The fraction of sp³-hybridized carbons (Fsp3) is 0.632. The number of benzene rings is 1. The fourth-order valence-electron chi connectivity index (χ4n) is 3.19. The van der Waals surface area contributed by atoms with E-state index >= 15 is 0 Å². The zero-order valence-corrected chi connectivity index (χ0v) is 17.8. The molecule has 8 nitrogen and oxygen atoms in total. The van der Waals surface area contributed by atoms with Gasteiger partial charge in [-0.15, -0.1) is 0 Å². The van der Waals surface area contributed by atoms with Crippen LogP contribution in [-0.4, -0.2) is 70.4 Å². The van der Waals surface area contributed by atoms with Gasteiger partial charge in [-0.25, -0.2) is 8.42 Å². The lowest BCUT2D eigenvalue weighted by Crippen LogP contribution is -2.49. The number of aryl methyl sites for hydroxylation is 1. The number of ether oxygens (including phenoxy) is 3. The molecule has 2 rings (SSSR count). The Kier molecular flexibility index (Phi) is 8.09. The van der Waals surface area contributed by atoms with Crippen LogP contribution >= 0.6 is 0 Å². The summed E-state index contributed by atoms with van der Waals surface area (Å²) in [6.07, 6.45) is 0.530. The van der Waals surface area contributed by atoms with Crippen molar-refractivity contribution in [3.63, 3.8) is 0 Å². The summed E-state index contributed by atoms with van der Waals surface area (Å²) in [5, 5.41) is 2.69. The summed E-state index contributed by atoms with van der Waals surface area (Å²) in [7, 11) is -0.293. The van der Waals surface area contributed by atoms with Gasteiger partial charge in [0.25, 0.3) is 0 Å². The van der Waals surface area contributed by atoms with Gasteiger partial charge in [0.2, 0.25) is 15.9 Å². The molecule has 0 aliphatic carbocycles. The molecule has 1 saturated heterocycles. The van der Waals surface area contributed by atoms with E-state index in [4.69, 9.17) is 14.2 Å². The van der Waals surface area contributed by atoms with Gasteiger partial charge in [0.05, 0.1) is 32.2 Å². The molecule has 0 bridgehead atoms. The molecule has 0 saturated carbocycles. The number of rotatable bonds is 9. The minimum absolute atomic E-state index is 0.0905. The Morgan fingerprint density at radius 1 is 1.18 bits per heavy atom. The highest BCUT2D eigenvalue weighted by atomic mass is 32.2. The average Bonchev–Trinajstić information content (AvgIpc) is 2.65. The Morgan fingerprint density at radius 3 is 2.43 bits per heavy atom. The quantitative estimate of drug-likeness (QED) is 0.652. The number of carbonyl (C=O) groups is 1. The Morgan fingerprint density at radius 2 is 1.82 bits per heavy atom. The molecule has 1 aromatic rings. The van der Waals surface area contributed by atoms with Crippen LogP contribution in [0.4, 0.5) is 0 Å². The summed E-state index contributed by atoms with van der Waals surface area (Å²) < 4.78 is 42.4.